The highest BCUT2D eigenvalue weighted by Gasteiger charge is 1.71. The summed E-state index contributed by atoms with van der Waals surface area (Å²) in [6, 6.07) is 0. The van der Waals surface area contributed by atoms with Gasteiger partial charge in [-0.25, -0.2) is 9.98 Å². The van der Waals surface area contributed by atoms with E-state index in [2.05, 4.69) is 44.7 Å². The summed E-state index contributed by atoms with van der Waals surface area (Å²) in [6.45, 7) is 0.875. The van der Waals surface area contributed by atoms with Crippen molar-refractivity contribution in [1.82, 2.24) is 0 Å². The van der Waals surface area contributed by atoms with Gasteiger partial charge < -0.3 is 10.2 Å². The van der Waals surface area contributed by atoms with Crippen LogP contribution in [-0.4, -0.2) is 46.8 Å². The van der Waals surface area contributed by atoms with Crippen LogP contribution in [0.3, 0.4) is 0 Å². The van der Waals surface area contributed by atoms with Crippen molar-refractivity contribution < 1.29 is 10.2 Å². The van der Waals surface area contributed by atoms with Gasteiger partial charge in [0.05, 0.1) is 36.6 Å². The Morgan fingerprint density at radius 3 is 1.42 bits per heavy atom. The maximum absolute atomic E-state index is 7.62. The zero-order valence-electron chi connectivity index (χ0n) is 6.43. The van der Waals surface area contributed by atoms with E-state index in [0.717, 1.165) is 0 Å². The number of isothiocyanates is 2. The molecule has 6 heteroatoms. The summed E-state index contributed by atoms with van der Waals surface area (Å²) in [5.74, 6) is 0. The van der Waals surface area contributed by atoms with E-state index in [1.165, 1.54) is 0 Å². The third kappa shape index (κ3) is 22.7. The number of aliphatic imine (C=N–C) groups is 2. The van der Waals surface area contributed by atoms with Gasteiger partial charge in [0.1, 0.15) is 0 Å². The second-order valence-electron chi connectivity index (χ2n) is 1.39. The summed E-state index contributed by atoms with van der Waals surface area (Å²) < 4.78 is 0. The lowest BCUT2D eigenvalue weighted by atomic mass is 10.7. The minimum absolute atomic E-state index is 0.125. The third-order valence-electron chi connectivity index (χ3n) is 0.553. The zero-order valence-corrected chi connectivity index (χ0v) is 8.07. The maximum Gasteiger partial charge on any atom is 0.0696 e. The molecule has 0 atom stereocenters. The van der Waals surface area contributed by atoms with Crippen molar-refractivity contribution in [2.24, 2.45) is 9.98 Å². The number of hydrogen-bond donors (Lipinski definition) is 2. The van der Waals surface area contributed by atoms with E-state index in [9.17, 15) is 0 Å². The lowest BCUT2D eigenvalue weighted by Crippen LogP contribution is -1.85. The first-order valence-electron chi connectivity index (χ1n) is 3.12. The van der Waals surface area contributed by atoms with Crippen molar-refractivity contribution in [2.75, 3.05) is 26.3 Å². The lowest BCUT2D eigenvalue weighted by molar-refractivity contribution is 0.186. The topological polar surface area (TPSA) is 65.2 Å². The molecule has 0 saturated carbocycles. The fourth-order valence-electron chi connectivity index (χ4n) is 0.191. The number of nitrogens with zero attached hydrogens (tertiary/aromatic N) is 2. The normalized spacial score (nSPS) is 6.83. The van der Waals surface area contributed by atoms with Crippen LogP contribution in [0.5, 0.6) is 0 Å². The van der Waals surface area contributed by atoms with E-state index in [1.807, 2.05) is 0 Å². The lowest BCUT2D eigenvalue weighted by Gasteiger charge is -1.76. The molecule has 0 radical (unpaired) electrons. The van der Waals surface area contributed by atoms with Gasteiger partial charge in [0, 0.05) is 0 Å². The Labute approximate surface area is 81.7 Å². The van der Waals surface area contributed by atoms with Gasteiger partial charge in [-0.2, -0.15) is 0 Å². The highest BCUT2D eigenvalue weighted by atomic mass is 32.1. The van der Waals surface area contributed by atoms with Gasteiger partial charge in [-0.1, -0.05) is 0 Å². The largest absolute Gasteiger partial charge is 0.394 e. The summed E-state index contributed by atoms with van der Waals surface area (Å²) in [4.78, 5) is 7.19. The van der Waals surface area contributed by atoms with Gasteiger partial charge in [0.25, 0.3) is 0 Å². The fraction of sp³-hybridized carbons (Fsp3) is 0.667. The monoisotopic (exact) mass is 206 g/mol. The number of aliphatic hydroxyl groups excluding tert-OH is 2. The average Bonchev–Trinajstić information content (AvgIpc) is 2.13. The first kappa shape index (κ1) is 14.1. The molecule has 0 spiro atoms. The molecule has 0 aromatic rings. The molecule has 12 heavy (non-hydrogen) atoms. The minimum Gasteiger partial charge on any atom is -0.394 e. The van der Waals surface area contributed by atoms with Crippen molar-refractivity contribution in [1.29, 1.82) is 0 Å². The first-order valence-corrected chi connectivity index (χ1v) is 3.94. The Hall–Kier alpha value is -0.480. The maximum atomic E-state index is 7.62. The highest BCUT2D eigenvalue weighted by Crippen LogP contribution is 1.67. The predicted octanol–water partition coefficient (Wildman–Crippen LogP) is 0.163. The molecule has 0 unspecified atom stereocenters. The molecule has 0 heterocycles. The van der Waals surface area contributed by atoms with Crippen LogP contribution in [-0.2, 0) is 0 Å². The number of thiocarbonyl (C=S) groups is 2. The fourth-order valence-corrected chi connectivity index (χ4v) is 0.374. The quantitative estimate of drug-likeness (QED) is 0.391. The molecule has 2 N–H and O–H groups in total. The van der Waals surface area contributed by atoms with Gasteiger partial charge in [0.15, 0.2) is 0 Å². The first-order chi connectivity index (χ1) is 5.83. The molecular formula is C6H10N2O2S2. The Morgan fingerprint density at radius 2 is 1.25 bits per heavy atom. The van der Waals surface area contributed by atoms with Gasteiger partial charge in [-0.3, -0.25) is 0 Å². The number of aliphatic hydroxyl groups is 2. The highest BCUT2D eigenvalue weighted by molar-refractivity contribution is 7.78. The van der Waals surface area contributed by atoms with Gasteiger partial charge >= 0.3 is 0 Å². The molecule has 68 valence electrons. The van der Waals surface area contributed by atoms with E-state index < -0.39 is 0 Å². The van der Waals surface area contributed by atoms with Crippen LogP contribution in [0.2, 0.25) is 0 Å². The van der Waals surface area contributed by atoms with Crippen LogP contribution in [0.15, 0.2) is 9.98 Å². The molecule has 0 aliphatic rings. The molecule has 0 aromatic heterocycles. The van der Waals surface area contributed by atoms with E-state index in [1.54, 1.807) is 0 Å². The SMILES string of the molecule is OCCO.S=C=NCCN=C=S. The predicted molar refractivity (Wildman–Crippen MR) is 54.0 cm³/mol. The molecule has 0 rings (SSSR count). The Balaban J connectivity index is 0. The van der Waals surface area contributed by atoms with Crippen molar-refractivity contribution in [3.63, 3.8) is 0 Å². The van der Waals surface area contributed by atoms with Crippen LogP contribution >= 0.6 is 24.4 Å². The molecule has 0 aliphatic carbocycles. The minimum atomic E-state index is -0.125. The average molecular weight is 206 g/mol. The zero-order chi connectivity index (χ0) is 9.66. The molecule has 0 aromatic carbocycles. The Morgan fingerprint density at radius 1 is 0.917 bits per heavy atom. The summed E-state index contributed by atoms with van der Waals surface area (Å²) in [6.07, 6.45) is 0. The van der Waals surface area contributed by atoms with Crippen molar-refractivity contribution >= 4 is 34.8 Å². The molecule has 0 amide bonds. The summed E-state index contributed by atoms with van der Waals surface area (Å²) in [7, 11) is 0. The number of rotatable bonds is 4. The molecule has 0 bridgehead atoms. The van der Waals surface area contributed by atoms with Gasteiger partial charge in [-0.05, 0) is 24.4 Å². The Kier molecular flexibility index (Phi) is 19.8. The standard InChI is InChI=1S/C4H4N2S2.C2H6O2/c7-3-5-1-2-6-4-8;3-1-2-4/h1-2H2;3-4H,1-2H2. The van der Waals surface area contributed by atoms with E-state index in [-0.39, 0.29) is 13.2 Å². The van der Waals surface area contributed by atoms with Crippen LogP contribution in [0.4, 0.5) is 0 Å². The van der Waals surface area contributed by atoms with Crippen molar-refractivity contribution in [3.8, 4) is 0 Å². The summed E-state index contributed by atoms with van der Waals surface area (Å²) in [5.41, 5.74) is 0. The molecule has 0 fully saturated rings. The summed E-state index contributed by atoms with van der Waals surface area (Å²) >= 11 is 8.59. The molecule has 4 nitrogen and oxygen atoms in total. The molecule has 0 saturated heterocycles. The van der Waals surface area contributed by atoms with E-state index >= 15 is 0 Å². The van der Waals surface area contributed by atoms with Crippen LogP contribution < -0.4 is 0 Å². The van der Waals surface area contributed by atoms with Crippen LogP contribution in [0, 0.1) is 0 Å². The Bertz CT molecular complexity index is 154. The van der Waals surface area contributed by atoms with Crippen molar-refractivity contribution in [3.05, 3.63) is 0 Å². The second kappa shape index (κ2) is 16.9. The smallest absolute Gasteiger partial charge is 0.0696 e. The third-order valence-corrected chi connectivity index (χ3v) is 0.811. The van der Waals surface area contributed by atoms with Crippen LogP contribution in [0.1, 0.15) is 0 Å². The van der Waals surface area contributed by atoms with Crippen LogP contribution in [0.25, 0.3) is 0 Å². The van der Waals surface area contributed by atoms with Gasteiger partial charge in [0.2, 0.25) is 0 Å². The summed E-state index contributed by atoms with van der Waals surface area (Å²) in [5, 5.41) is 19.7. The molecular weight excluding hydrogens is 196 g/mol. The van der Waals surface area contributed by atoms with Crippen molar-refractivity contribution in [2.45, 2.75) is 0 Å². The number of hydrogen-bond acceptors (Lipinski definition) is 6. The van der Waals surface area contributed by atoms with E-state index in [0.29, 0.717) is 13.1 Å². The molecule has 0 aliphatic heterocycles. The van der Waals surface area contributed by atoms with Gasteiger partial charge in [-0.15, -0.1) is 0 Å². The second-order valence-corrected chi connectivity index (χ2v) is 1.76. The van der Waals surface area contributed by atoms with E-state index in [4.69, 9.17) is 10.2 Å².